The monoisotopic (exact) mass is 371 g/mol. The largest absolute Gasteiger partial charge is 0.364 e. The van der Waals surface area contributed by atoms with Gasteiger partial charge in [-0.05, 0) is 17.7 Å². The van der Waals surface area contributed by atoms with E-state index in [0.717, 1.165) is 15.6 Å². The van der Waals surface area contributed by atoms with Crippen molar-refractivity contribution in [1.29, 1.82) is 0 Å². The van der Waals surface area contributed by atoms with Crippen LogP contribution in [0.15, 0.2) is 41.2 Å². The van der Waals surface area contributed by atoms with Crippen LogP contribution >= 0.6 is 46.7 Å². The first-order chi connectivity index (χ1) is 10.6. The predicted octanol–water partition coefficient (Wildman–Crippen LogP) is 4.02. The normalized spacial score (nSPS) is 20.2. The summed E-state index contributed by atoms with van der Waals surface area (Å²) in [5, 5.41) is 1.40. The Kier molecular flexibility index (Phi) is 4.73. The number of carbonyl (C=O) groups is 1. The Balaban J connectivity index is 1.93. The number of rotatable bonds is 3. The van der Waals surface area contributed by atoms with E-state index in [1.54, 1.807) is 52.9 Å². The van der Waals surface area contributed by atoms with E-state index >= 15 is 0 Å². The average molecular weight is 372 g/mol. The predicted molar refractivity (Wildman–Crippen MR) is 93.9 cm³/mol. The molecule has 1 aromatic heterocycles. The van der Waals surface area contributed by atoms with Gasteiger partial charge in [-0.2, -0.15) is 0 Å². The second kappa shape index (κ2) is 6.58. The fourth-order valence-corrected chi connectivity index (χ4v) is 5.75. The lowest BCUT2D eigenvalue weighted by molar-refractivity contribution is -0.113. The number of aromatic nitrogens is 2. The van der Waals surface area contributed by atoms with Crippen molar-refractivity contribution in [2.45, 2.75) is 5.25 Å². The van der Waals surface area contributed by atoms with Crippen LogP contribution < -0.4 is 5.73 Å². The summed E-state index contributed by atoms with van der Waals surface area (Å²) in [6.07, 6.45) is 4.88. The van der Waals surface area contributed by atoms with E-state index in [1.165, 1.54) is 0 Å². The molecular formula is C14H11Cl2N3OS2. The van der Waals surface area contributed by atoms with Crippen LogP contribution in [-0.4, -0.2) is 21.2 Å². The van der Waals surface area contributed by atoms with Gasteiger partial charge in [0.1, 0.15) is 5.70 Å². The summed E-state index contributed by atoms with van der Waals surface area (Å²) >= 11 is 15.4. The molecule has 3 rings (SSSR count). The highest BCUT2D eigenvalue weighted by Crippen LogP contribution is 2.53. The number of benzene rings is 1. The number of amides is 1. The molecule has 2 N–H and O–H groups in total. The van der Waals surface area contributed by atoms with Crippen LogP contribution in [0.25, 0.3) is 5.70 Å². The highest BCUT2D eigenvalue weighted by atomic mass is 35.5. The van der Waals surface area contributed by atoms with Gasteiger partial charge in [0.25, 0.3) is 5.91 Å². The number of halogens is 2. The summed E-state index contributed by atoms with van der Waals surface area (Å²) in [7, 11) is 0. The van der Waals surface area contributed by atoms with Crippen LogP contribution in [0.1, 0.15) is 10.8 Å². The topological polar surface area (TPSA) is 60.9 Å². The van der Waals surface area contributed by atoms with Crippen LogP contribution in [0.2, 0.25) is 10.0 Å². The summed E-state index contributed by atoms with van der Waals surface area (Å²) in [6, 6.07) is 5.48. The number of imidazole rings is 1. The minimum atomic E-state index is -0.476. The summed E-state index contributed by atoms with van der Waals surface area (Å²) < 4.78 is 2.52. The molecule has 2 aromatic rings. The second-order valence-electron chi connectivity index (χ2n) is 4.55. The molecule has 2 heterocycles. The fourth-order valence-electron chi connectivity index (χ4n) is 2.11. The van der Waals surface area contributed by atoms with Gasteiger partial charge >= 0.3 is 0 Å². The number of nitrogens with two attached hydrogens (primary N) is 1. The summed E-state index contributed by atoms with van der Waals surface area (Å²) in [6.45, 7) is 0. The average Bonchev–Trinajstić information content (AvgIpc) is 3.11. The molecular weight excluding hydrogens is 361 g/mol. The third-order valence-electron chi connectivity index (χ3n) is 3.11. The van der Waals surface area contributed by atoms with Gasteiger partial charge in [0.05, 0.1) is 10.6 Å². The number of hydrogen-bond donors (Lipinski definition) is 1. The molecule has 0 saturated carbocycles. The van der Waals surface area contributed by atoms with Crippen molar-refractivity contribution in [2.24, 2.45) is 5.73 Å². The lowest BCUT2D eigenvalue weighted by atomic mass is 10.2. The zero-order valence-corrected chi connectivity index (χ0v) is 14.3. The molecule has 0 spiro atoms. The quantitative estimate of drug-likeness (QED) is 0.827. The lowest BCUT2D eigenvalue weighted by Crippen LogP contribution is -2.17. The molecule has 1 atom stereocenters. The van der Waals surface area contributed by atoms with Gasteiger partial charge in [-0.3, -0.25) is 9.36 Å². The molecule has 8 heteroatoms. The van der Waals surface area contributed by atoms with Crippen molar-refractivity contribution in [3.8, 4) is 0 Å². The standard InChI is InChI=1S/C14H11Cl2N3OS2/c15-8-1-2-9(10(16)5-8)11-6-21-14(22-11)12(13(17)20)19-4-3-18-7-19/h1-5,7,11H,6H2,(H2,17,20)/t11-/m0/s1. The third kappa shape index (κ3) is 3.15. The van der Waals surface area contributed by atoms with Crippen LogP contribution in [-0.2, 0) is 4.79 Å². The summed E-state index contributed by atoms with van der Waals surface area (Å²) in [5.74, 6) is 0.336. The zero-order valence-electron chi connectivity index (χ0n) is 11.2. The first kappa shape index (κ1) is 15.8. The Morgan fingerprint density at radius 2 is 2.23 bits per heavy atom. The minimum absolute atomic E-state index is 0.155. The Labute approximate surface area is 146 Å². The van der Waals surface area contributed by atoms with E-state index in [0.29, 0.717) is 15.7 Å². The molecule has 22 heavy (non-hydrogen) atoms. The molecule has 1 aliphatic rings. The molecule has 114 valence electrons. The van der Waals surface area contributed by atoms with Crippen LogP contribution in [0, 0.1) is 0 Å². The Morgan fingerprint density at radius 3 is 2.86 bits per heavy atom. The molecule has 1 aliphatic heterocycles. The van der Waals surface area contributed by atoms with Gasteiger partial charge in [-0.25, -0.2) is 4.98 Å². The highest BCUT2D eigenvalue weighted by Gasteiger charge is 2.29. The minimum Gasteiger partial charge on any atom is -0.364 e. The van der Waals surface area contributed by atoms with Gasteiger partial charge in [0, 0.05) is 33.4 Å². The molecule has 0 aliphatic carbocycles. The number of primary amides is 1. The van der Waals surface area contributed by atoms with Gasteiger partial charge in [0.2, 0.25) is 0 Å². The molecule has 0 bridgehead atoms. The fraction of sp³-hybridized carbons (Fsp3) is 0.143. The third-order valence-corrected chi connectivity index (χ3v) is 6.60. The molecule has 1 aromatic carbocycles. The Morgan fingerprint density at radius 1 is 1.41 bits per heavy atom. The van der Waals surface area contributed by atoms with Crippen molar-refractivity contribution in [2.75, 3.05) is 5.75 Å². The first-order valence-corrected chi connectivity index (χ1v) is 8.95. The van der Waals surface area contributed by atoms with Crippen molar-refractivity contribution in [1.82, 2.24) is 9.55 Å². The van der Waals surface area contributed by atoms with Crippen molar-refractivity contribution in [3.05, 3.63) is 56.8 Å². The van der Waals surface area contributed by atoms with Gasteiger partial charge in [-0.1, -0.05) is 29.3 Å². The van der Waals surface area contributed by atoms with E-state index < -0.39 is 5.91 Å². The van der Waals surface area contributed by atoms with E-state index in [4.69, 9.17) is 28.9 Å². The van der Waals surface area contributed by atoms with Crippen LogP contribution in [0.3, 0.4) is 0 Å². The Hall–Kier alpha value is -1.08. The van der Waals surface area contributed by atoms with Crippen molar-refractivity contribution >= 4 is 58.3 Å². The van der Waals surface area contributed by atoms with E-state index in [9.17, 15) is 4.79 Å². The zero-order chi connectivity index (χ0) is 15.7. The first-order valence-electron chi connectivity index (χ1n) is 6.33. The lowest BCUT2D eigenvalue weighted by Gasteiger charge is -2.11. The van der Waals surface area contributed by atoms with Crippen molar-refractivity contribution < 1.29 is 4.79 Å². The maximum atomic E-state index is 11.8. The number of hydrogen-bond acceptors (Lipinski definition) is 4. The van der Waals surface area contributed by atoms with E-state index in [-0.39, 0.29) is 5.25 Å². The second-order valence-corrected chi connectivity index (χ2v) is 7.90. The smallest absolute Gasteiger partial charge is 0.267 e. The van der Waals surface area contributed by atoms with Gasteiger partial charge < -0.3 is 5.73 Å². The van der Waals surface area contributed by atoms with Gasteiger partial charge in [0.15, 0.2) is 0 Å². The SMILES string of the molecule is NC(=O)C(=C1SC[C@@H](c2ccc(Cl)cc2Cl)S1)n1ccnc1. The molecule has 1 amide bonds. The molecule has 0 radical (unpaired) electrons. The molecule has 1 fully saturated rings. The van der Waals surface area contributed by atoms with E-state index in [1.807, 2.05) is 12.1 Å². The number of nitrogens with zero attached hydrogens (tertiary/aromatic N) is 2. The van der Waals surface area contributed by atoms with Crippen LogP contribution in [0.5, 0.6) is 0 Å². The number of carbonyl (C=O) groups excluding carboxylic acids is 1. The van der Waals surface area contributed by atoms with E-state index in [2.05, 4.69) is 4.98 Å². The summed E-state index contributed by atoms with van der Waals surface area (Å²) in [5.41, 5.74) is 6.98. The maximum Gasteiger partial charge on any atom is 0.267 e. The van der Waals surface area contributed by atoms with Crippen LogP contribution in [0.4, 0.5) is 0 Å². The van der Waals surface area contributed by atoms with Crippen molar-refractivity contribution in [3.63, 3.8) is 0 Å². The number of thioether (sulfide) groups is 2. The molecule has 1 saturated heterocycles. The molecule has 4 nitrogen and oxygen atoms in total. The molecule has 0 unspecified atom stereocenters. The maximum absolute atomic E-state index is 11.8. The summed E-state index contributed by atoms with van der Waals surface area (Å²) in [4.78, 5) is 15.7. The van der Waals surface area contributed by atoms with Gasteiger partial charge in [-0.15, -0.1) is 23.5 Å². The Bertz CT molecular complexity index is 747. The highest BCUT2D eigenvalue weighted by molar-refractivity contribution is 8.25.